The maximum atomic E-state index is 11.5. The Bertz CT molecular complexity index is 374. The molecule has 1 aromatic heterocycles. The summed E-state index contributed by atoms with van der Waals surface area (Å²) >= 11 is 0. The topological polar surface area (TPSA) is 59.2 Å². The molecule has 1 fully saturated rings. The number of nitrogens with two attached hydrogens (primary N) is 1. The van der Waals surface area contributed by atoms with E-state index in [2.05, 4.69) is 4.98 Å². The van der Waals surface area contributed by atoms with Crippen molar-refractivity contribution in [3.63, 3.8) is 0 Å². The maximum absolute atomic E-state index is 11.5. The van der Waals surface area contributed by atoms with Gasteiger partial charge in [0.1, 0.15) is 0 Å². The predicted octanol–water partition coefficient (Wildman–Crippen LogP) is 0.621. The Hall–Kier alpha value is -1.42. The number of rotatable bonds is 1. The van der Waals surface area contributed by atoms with Crippen LogP contribution >= 0.6 is 0 Å². The monoisotopic (exact) mass is 205 g/mol. The highest BCUT2D eigenvalue weighted by molar-refractivity contribution is 5.79. The molecule has 1 aliphatic heterocycles. The summed E-state index contributed by atoms with van der Waals surface area (Å²) < 4.78 is 0. The lowest BCUT2D eigenvalue weighted by molar-refractivity contribution is -0.127. The average molecular weight is 205 g/mol. The van der Waals surface area contributed by atoms with E-state index in [4.69, 9.17) is 5.73 Å². The molecule has 0 unspecified atom stereocenters. The van der Waals surface area contributed by atoms with Gasteiger partial charge in [-0.25, -0.2) is 0 Å². The van der Waals surface area contributed by atoms with Crippen molar-refractivity contribution < 1.29 is 4.79 Å². The van der Waals surface area contributed by atoms with Crippen LogP contribution in [0, 0.1) is 6.92 Å². The number of likely N-dealkylation sites (N-methyl/N-ethyl adjacent to an activating group) is 1. The molecule has 0 bridgehead atoms. The van der Waals surface area contributed by atoms with Crippen molar-refractivity contribution in [2.24, 2.45) is 5.73 Å². The Morgan fingerprint density at radius 2 is 2.27 bits per heavy atom. The third kappa shape index (κ3) is 1.72. The smallest absolute Gasteiger partial charge is 0.224 e. The zero-order valence-corrected chi connectivity index (χ0v) is 8.97. The molecule has 2 heterocycles. The largest absolute Gasteiger partial charge is 0.335 e. The summed E-state index contributed by atoms with van der Waals surface area (Å²) in [6.07, 6.45) is 2.22. The van der Waals surface area contributed by atoms with E-state index in [0.717, 1.165) is 11.3 Å². The van der Waals surface area contributed by atoms with Gasteiger partial charge in [0.15, 0.2) is 0 Å². The quantitative estimate of drug-likeness (QED) is 0.731. The molecule has 2 N–H and O–H groups in total. The molecule has 0 aliphatic carbocycles. The molecule has 1 aliphatic rings. The SMILES string of the molecule is Cc1ccc([C@@H]2[C@@H](N)CC(=O)N2C)nc1. The summed E-state index contributed by atoms with van der Waals surface area (Å²) in [5.74, 6) is 0.0925. The summed E-state index contributed by atoms with van der Waals surface area (Å²) in [7, 11) is 1.78. The van der Waals surface area contributed by atoms with Crippen molar-refractivity contribution in [3.05, 3.63) is 29.6 Å². The first kappa shape index (κ1) is 10.1. The molecule has 1 aromatic rings. The van der Waals surface area contributed by atoms with Crippen LogP contribution in [0.2, 0.25) is 0 Å². The van der Waals surface area contributed by atoms with Crippen LogP contribution in [0.5, 0.6) is 0 Å². The summed E-state index contributed by atoms with van der Waals surface area (Å²) in [6.45, 7) is 1.99. The second-order valence-electron chi connectivity index (χ2n) is 4.08. The van der Waals surface area contributed by atoms with Gasteiger partial charge in [0.2, 0.25) is 5.91 Å². The summed E-state index contributed by atoms with van der Waals surface area (Å²) in [5.41, 5.74) is 7.91. The molecule has 2 atom stereocenters. The molecule has 0 aromatic carbocycles. The normalized spacial score (nSPS) is 26.1. The summed E-state index contributed by atoms with van der Waals surface area (Å²) in [4.78, 5) is 17.5. The lowest BCUT2D eigenvalue weighted by atomic mass is 10.1. The molecule has 0 spiro atoms. The minimum atomic E-state index is -0.141. The number of likely N-dealkylation sites (tertiary alicyclic amines) is 1. The first-order valence-corrected chi connectivity index (χ1v) is 5.03. The molecule has 2 rings (SSSR count). The molecule has 0 saturated carbocycles. The standard InChI is InChI=1S/C11H15N3O/c1-7-3-4-9(13-6-7)11-8(12)5-10(15)14(11)2/h3-4,6,8,11H,5,12H2,1-2H3/t8-,11-/m0/s1. The second-order valence-corrected chi connectivity index (χ2v) is 4.08. The summed E-state index contributed by atoms with van der Waals surface area (Å²) in [5, 5.41) is 0. The average Bonchev–Trinajstić information content (AvgIpc) is 2.44. The fourth-order valence-corrected chi connectivity index (χ4v) is 1.97. The van der Waals surface area contributed by atoms with E-state index < -0.39 is 0 Å². The first-order chi connectivity index (χ1) is 7.09. The minimum Gasteiger partial charge on any atom is -0.335 e. The van der Waals surface area contributed by atoms with Gasteiger partial charge >= 0.3 is 0 Å². The highest BCUT2D eigenvalue weighted by Crippen LogP contribution is 2.29. The zero-order chi connectivity index (χ0) is 11.0. The van der Waals surface area contributed by atoms with Crippen LogP contribution in [0.25, 0.3) is 0 Å². The van der Waals surface area contributed by atoms with Crippen molar-refractivity contribution in [2.45, 2.75) is 25.4 Å². The Balaban J connectivity index is 2.30. The first-order valence-electron chi connectivity index (χ1n) is 5.03. The lowest BCUT2D eigenvalue weighted by Crippen LogP contribution is -2.30. The second kappa shape index (κ2) is 3.62. The van der Waals surface area contributed by atoms with E-state index in [1.54, 1.807) is 18.1 Å². The number of hydrogen-bond acceptors (Lipinski definition) is 3. The number of carbonyl (C=O) groups is 1. The van der Waals surface area contributed by atoms with Crippen molar-refractivity contribution >= 4 is 5.91 Å². The summed E-state index contributed by atoms with van der Waals surface area (Å²) in [6, 6.07) is 3.72. The predicted molar refractivity (Wildman–Crippen MR) is 57.1 cm³/mol. The van der Waals surface area contributed by atoms with Crippen molar-refractivity contribution in [1.29, 1.82) is 0 Å². The number of aromatic nitrogens is 1. The highest BCUT2D eigenvalue weighted by Gasteiger charge is 2.36. The van der Waals surface area contributed by atoms with E-state index in [1.165, 1.54) is 0 Å². The van der Waals surface area contributed by atoms with E-state index in [-0.39, 0.29) is 18.0 Å². The lowest BCUT2D eigenvalue weighted by Gasteiger charge is -2.22. The molecule has 4 heteroatoms. The molecule has 80 valence electrons. The van der Waals surface area contributed by atoms with Crippen molar-refractivity contribution in [2.75, 3.05) is 7.05 Å². The molecular weight excluding hydrogens is 190 g/mol. The minimum absolute atomic E-state index is 0.0712. The van der Waals surface area contributed by atoms with Gasteiger partial charge in [-0.15, -0.1) is 0 Å². The molecule has 1 amide bonds. The van der Waals surface area contributed by atoms with E-state index in [9.17, 15) is 4.79 Å². The van der Waals surface area contributed by atoms with E-state index >= 15 is 0 Å². The van der Waals surface area contributed by atoms with Gasteiger partial charge in [-0.2, -0.15) is 0 Å². The van der Waals surface area contributed by atoms with Crippen molar-refractivity contribution in [3.8, 4) is 0 Å². The van der Waals surface area contributed by atoms with Crippen LogP contribution in [0.1, 0.15) is 23.7 Å². The van der Waals surface area contributed by atoms with Crippen LogP contribution in [0.15, 0.2) is 18.3 Å². The van der Waals surface area contributed by atoms with E-state index in [1.807, 2.05) is 19.1 Å². The fraction of sp³-hybridized carbons (Fsp3) is 0.455. The number of nitrogens with zero attached hydrogens (tertiary/aromatic N) is 2. The molecular formula is C11H15N3O. The van der Waals surface area contributed by atoms with Gasteiger partial charge < -0.3 is 10.6 Å². The Labute approximate surface area is 89.1 Å². The van der Waals surface area contributed by atoms with Gasteiger partial charge in [0.05, 0.1) is 11.7 Å². The molecule has 1 saturated heterocycles. The number of aryl methyl sites for hydroxylation is 1. The van der Waals surface area contributed by atoms with Crippen LogP contribution in [0.3, 0.4) is 0 Å². The van der Waals surface area contributed by atoms with Gasteiger partial charge in [0.25, 0.3) is 0 Å². The number of pyridine rings is 1. The van der Waals surface area contributed by atoms with Crippen LogP contribution in [-0.2, 0) is 4.79 Å². The van der Waals surface area contributed by atoms with Gasteiger partial charge in [-0.3, -0.25) is 9.78 Å². The zero-order valence-electron chi connectivity index (χ0n) is 8.97. The molecule has 15 heavy (non-hydrogen) atoms. The number of amides is 1. The number of carbonyl (C=O) groups excluding carboxylic acids is 1. The van der Waals surface area contributed by atoms with E-state index in [0.29, 0.717) is 6.42 Å². The Morgan fingerprint density at radius 3 is 2.73 bits per heavy atom. The van der Waals surface area contributed by atoms with Crippen LogP contribution in [0.4, 0.5) is 0 Å². The molecule has 4 nitrogen and oxygen atoms in total. The molecule has 0 radical (unpaired) electrons. The van der Waals surface area contributed by atoms with Gasteiger partial charge in [-0.1, -0.05) is 6.07 Å². The fourth-order valence-electron chi connectivity index (χ4n) is 1.97. The van der Waals surface area contributed by atoms with Gasteiger partial charge in [-0.05, 0) is 18.6 Å². The number of hydrogen-bond donors (Lipinski definition) is 1. The van der Waals surface area contributed by atoms with Crippen LogP contribution in [-0.4, -0.2) is 28.9 Å². The van der Waals surface area contributed by atoms with Gasteiger partial charge in [0, 0.05) is 25.7 Å². The maximum Gasteiger partial charge on any atom is 0.224 e. The van der Waals surface area contributed by atoms with Crippen molar-refractivity contribution in [1.82, 2.24) is 9.88 Å². The highest BCUT2D eigenvalue weighted by atomic mass is 16.2. The van der Waals surface area contributed by atoms with Crippen LogP contribution < -0.4 is 5.73 Å². The Morgan fingerprint density at radius 1 is 1.53 bits per heavy atom. The third-order valence-corrected chi connectivity index (χ3v) is 2.86. The third-order valence-electron chi connectivity index (χ3n) is 2.86. The Kier molecular flexibility index (Phi) is 2.44.